The SMILES string of the molecule is Cc1nn(C)cc1CNC(=O)C1CCC(C)NC1. The Morgan fingerprint density at radius 2 is 2.39 bits per heavy atom. The lowest BCUT2D eigenvalue weighted by atomic mass is 9.95. The summed E-state index contributed by atoms with van der Waals surface area (Å²) >= 11 is 0. The molecule has 0 saturated carbocycles. The van der Waals surface area contributed by atoms with Gasteiger partial charge in [0.15, 0.2) is 0 Å². The van der Waals surface area contributed by atoms with Crippen LogP contribution in [0.4, 0.5) is 0 Å². The lowest BCUT2D eigenvalue weighted by Crippen LogP contribution is -2.43. The zero-order valence-corrected chi connectivity index (χ0v) is 11.4. The molecule has 2 N–H and O–H groups in total. The number of piperidine rings is 1. The number of nitrogens with one attached hydrogen (secondary N) is 2. The Bertz CT molecular complexity index is 419. The second-order valence-corrected chi connectivity index (χ2v) is 5.21. The summed E-state index contributed by atoms with van der Waals surface area (Å²) < 4.78 is 1.78. The van der Waals surface area contributed by atoms with Gasteiger partial charge in [-0.05, 0) is 26.7 Å². The van der Waals surface area contributed by atoms with E-state index in [4.69, 9.17) is 0 Å². The van der Waals surface area contributed by atoms with Gasteiger partial charge in [-0.1, -0.05) is 0 Å². The minimum atomic E-state index is 0.109. The minimum absolute atomic E-state index is 0.109. The van der Waals surface area contributed by atoms with Crippen LogP contribution >= 0.6 is 0 Å². The highest BCUT2D eigenvalue weighted by atomic mass is 16.1. The van der Waals surface area contributed by atoms with Gasteiger partial charge in [-0.2, -0.15) is 5.10 Å². The third-order valence-electron chi connectivity index (χ3n) is 3.60. The van der Waals surface area contributed by atoms with Crippen LogP contribution in [0.25, 0.3) is 0 Å². The first-order chi connectivity index (χ1) is 8.56. The van der Waals surface area contributed by atoms with Gasteiger partial charge < -0.3 is 10.6 Å². The van der Waals surface area contributed by atoms with E-state index in [2.05, 4.69) is 22.7 Å². The van der Waals surface area contributed by atoms with Crippen LogP contribution in [0.15, 0.2) is 6.20 Å². The van der Waals surface area contributed by atoms with Crippen LogP contribution in [0.5, 0.6) is 0 Å². The number of nitrogens with zero attached hydrogens (tertiary/aromatic N) is 2. The average Bonchev–Trinajstić information content (AvgIpc) is 2.66. The second-order valence-electron chi connectivity index (χ2n) is 5.21. The van der Waals surface area contributed by atoms with Crippen LogP contribution in [-0.4, -0.2) is 28.3 Å². The van der Waals surface area contributed by atoms with Gasteiger partial charge in [0.05, 0.1) is 11.6 Å². The van der Waals surface area contributed by atoms with Gasteiger partial charge in [0.1, 0.15) is 0 Å². The average molecular weight is 250 g/mol. The Morgan fingerprint density at radius 3 is 2.94 bits per heavy atom. The zero-order chi connectivity index (χ0) is 13.1. The van der Waals surface area contributed by atoms with Gasteiger partial charge in [0.25, 0.3) is 0 Å². The van der Waals surface area contributed by atoms with Crippen molar-refractivity contribution in [2.24, 2.45) is 13.0 Å². The van der Waals surface area contributed by atoms with Crippen molar-refractivity contribution in [2.75, 3.05) is 6.54 Å². The Kier molecular flexibility index (Phi) is 4.01. The third kappa shape index (κ3) is 3.10. The van der Waals surface area contributed by atoms with Gasteiger partial charge in [0, 0.05) is 37.9 Å². The number of carbonyl (C=O) groups is 1. The van der Waals surface area contributed by atoms with E-state index in [1.165, 1.54) is 0 Å². The van der Waals surface area contributed by atoms with Gasteiger partial charge in [-0.25, -0.2) is 0 Å². The number of aryl methyl sites for hydroxylation is 2. The molecule has 1 aromatic heterocycles. The van der Waals surface area contributed by atoms with Crippen molar-refractivity contribution in [3.05, 3.63) is 17.5 Å². The Hall–Kier alpha value is -1.36. The highest BCUT2D eigenvalue weighted by molar-refractivity contribution is 5.79. The van der Waals surface area contributed by atoms with E-state index in [1.807, 2.05) is 20.2 Å². The molecule has 1 aromatic rings. The van der Waals surface area contributed by atoms with Crippen molar-refractivity contribution >= 4 is 5.91 Å². The van der Waals surface area contributed by atoms with E-state index in [1.54, 1.807) is 4.68 Å². The summed E-state index contributed by atoms with van der Waals surface area (Å²) in [5, 5.41) is 10.6. The predicted molar refractivity (Wildman–Crippen MR) is 70.0 cm³/mol. The number of hydrogen-bond acceptors (Lipinski definition) is 3. The summed E-state index contributed by atoms with van der Waals surface area (Å²) in [5.74, 6) is 0.260. The Morgan fingerprint density at radius 1 is 1.61 bits per heavy atom. The molecule has 1 amide bonds. The predicted octanol–water partition coefficient (Wildman–Crippen LogP) is 0.733. The zero-order valence-electron chi connectivity index (χ0n) is 11.4. The number of aromatic nitrogens is 2. The lowest BCUT2D eigenvalue weighted by Gasteiger charge is -2.26. The largest absolute Gasteiger partial charge is 0.352 e. The minimum Gasteiger partial charge on any atom is -0.352 e. The highest BCUT2D eigenvalue weighted by Crippen LogP contribution is 2.14. The monoisotopic (exact) mass is 250 g/mol. The molecule has 2 rings (SSSR count). The normalized spacial score (nSPS) is 23.9. The molecular formula is C13H22N4O. The molecule has 2 heterocycles. The third-order valence-corrected chi connectivity index (χ3v) is 3.60. The molecule has 2 unspecified atom stereocenters. The number of rotatable bonds is 3. The Balaban J connectivity index is 1.83. The maximum Gasteiger partial charge on any atom is 0.224 e. The van der Waals surface area contributed by atoms with Crippen LogP contribution in [0.3, 0.4) is 0 Å². The number of carbonyl (C=O) groups excluding carboxylic acids is 1. The standard InChI is InChI=1S/C13H22N4O/c1-9-4-5-11(6-14-9)13(18)15-7-12-8-17(3)16-10(12)2/h8-9,11,14H,4-7H2,1-3H3,(H,15,18). The molecule has 1 fully saturated rings. The fourth-order valence-corrected chi connectivity index (χ4v) is 2.37. The molecule has 5 nitrogen and oxygen atoms in total. The van der Waals surface area contributed by atoms with Crippen molar-refractivity contribution in [3.8, 4) is 0 Å². The fraction of sp³-hybridized carbons (Fsp3) is 0.692. The van der Waals surface area contributed by atoms with E-state index < -0.39 is 0 Å². The van der Waals surface area contributed by atoms with Crippen LogP contribution < -0.4 is 10.6 Å². The molecule has 18 heavy (non-hydrogen) atoms. The molecule has 2 atom stereocenters. The molecule has 0 bridgehead atoms. The molecule has 1 saturated heterocycles. The van der Waals surface area contributed by atoms with Gasteiger partial charge in [0.2, 0.25) is 5.91 Å². The van der Waals surface area contributed by atoms with E-state index in [0.29, 0.717) is 12.6 Å². The van der Waals surface area contributed by atoms with E-state index in [-0.39, 0.29) is 11.8 Å². The number of amides is 1. The quantitative estimate of drug-likeness (QED) is 0.831. The van der Waals surface area contributed by atoms with E-state index in [0.717, 1.165) is 30.6 Å². The molecule has 100 valence electrons. The fourth-order valence-electron chi connectivity index (χ4n) is 2.37. The highest BCUT2D eigenvalue weighted by Gasteiger charge is 2.23. The summed E-state index contributed by atoms with van der Waals surface area (Å²) in [6.45, 7) is 5.49. The summed E-state index contributed by atoms with van der Waals surface area (Å²) in [7, 11) is 1.89. The molecule has 0 spiro atoms. The van der Waals surface area contributed by atoms with Crippen molar-refractivity contribution < 1.29 is 4.79 Å². The molecule has 0 aliphatic carbocycles. The Labute approximate surface area is 108 Å². The number of hydrogen-bond donors (Lipinski definition) is 2. The van der Waals surface area contributed by atoms with Gasteiger partial charge in [-0.3, -0.25) is 9.48 Å². The van der Waals surface area contributed by atoms with Crippen LogP contribution in [0, 0.1) is 12.8 Å². The van der Waals surface area contributed by atoms with Gasteiger partial charge >= 0.3 is 0 Å². The first-order valence-corrected chi connectivity index (χ1v) is 6.56. The second kappa shape index (κ2) is 5.52. The lowest BCUT2D eigenvalue weighted by molar-refractivity contribution is -0.125. The summed E-state index contributed by atoms with van der Waals surface area (Å²) in [5.41, 5.74) is 2.07. The van der Waals surface area contributed by atoms with Crippen molar-refractivity contribution in [1.82, 2.24) is 20.4 Å². The van der Waals surface area contributed by atoms with E-state index >= 15 is 0 Å². The molecule has 5 heteroatoms. The summed E-state index contributed by atoms with van der Waals surface area (Å²) in [6, 6.07) is 0.537. The molecule has 1 aliphatic rings. The summed E-state index contributed by atoms with van der Waals surface area (Å²) in [4.78, 5) is 12.0. The van der Waals surface area contributed by atoms with Crippen molar-refractivity contribution in [3.63, 3.8) is 0 Å². The first kappa shape index (κ1) is 13.1. The van der Waals surface area contributed by atoms with Crippen LogP contribution in [-0.2, 0) is 18.4 Å². The van der Waals surface area contributed by atoms with Crippen molar-refractivity contribution in [2.45, 2.75) is 39.3 Å². The topological polar surface area (TPSA) is 59.0 Å². The van der Waals surface area contributed by atoms with Gasteiger partial charge in [-0.15, -0.1) is 0 Å². The maximum absolute atomic E-state index is 12.0. The van der Waals surface area contributed by atoms with E-state index in [9.17, 15) is 4.79 Å². The smallest absolute Gasteiger partial charge is 0.224 e. The molecule has 0 radical (unpaired) electrons. The summed E-state index contributed by atoms with van der Waals surface area (Å²) in [6.07, 6.45) is 4.01. The first-order valence-electron chi connectivity index (χ1n) is 6.56. The molecule has 0 aromatic carbocycles. The van der Waals surface area contributed by atoms with Crippen molar-refractivity contribution in [1.29, 1.82) is 0 Å². The maximum atomic E-state index is 12.0. The molecule has 1 aliphatic heterocycles. The van der Waals surface area contributed by atoms with Crippen LogP contribution in [0.2, 0.25) is 0 Å². The molecular weight excluding hydrogens is 228 g/mol. The van der Waals surface area contributed by atoms with Crippen LogP contribution in [0.1, 0.15) is 31.0 Å².